The van der Waals surface area contributed by atoms with Crippen LogP contribution in [-0.2, 0) is 10.0 Å². The van der Waals surface area contributed by atoms with Crippen molar-refractivity contribution in [2.75, 3.05) is 11.5 Å². The van der Waals surface area contributed by atoms with E-state index in [0.717, 1.165) is 0 Å². The average Bonchev–Trinajstić information content (AvgIpc) is 2.70. The fourth-order valence-corrected chi connectivity index (χ4v) is 4.05. The Morgan fingerprint density at radius 2 is 1.82 bits per heavy atom. The van der Waals surface area contributed by atoms with Crippen molar-refractivity contribution in [2.45, 2.75) is 11.8 Å². The van der Waals surface area contributed by atoms with Crippen molar-refractivity contribution in [3.05, 3.63) is 70.5 Å². The van der Waals surface area contributed by atoms with Gasteiger partial charge < -0.3 is 4.74 Å². The number of anilines is 1. The average molecular weight is 417 g/mol. The van der Waals surface area contributed by atoms with E-state index in [1.54, 1.807) is 49.4 Å². The third-order valence-corrected chi connectivity index (χ3v) is 5.71. The molecule has 8 nitrogen and oxygen atoms in total. The Bertz CT molecular complexity index is 1160. The number of aryl methyl sites for hydroxylation is 1. The third kappa shape index (κ3) is 3.60. The summed E-state index contributed by atoms with van der Waals surface area (Å²) in [7, 11) is -3.02. The second-order valence-corrected chi connectivity index (χ2v) is 7.86. The number of halogens is 1. The summed E-state index contributed by atoms with van der Waals surface area (Å²) in [6.07, 6.45) is 1.34. The zero-order valence-corrected chi connectivity index (χ0v) is 16.5. The minimum Gasteiger partial charge on any atom is -0.478 e. The molecule has 0 aliphatic carbocycles. The van der Waals surface area contributed by atoms with Crippen LogP contribution in [0.25, 0.3) is 16.2 Å². The molecule has 0 N–H and O–H groups in total. The molecule has 0 bridgehead atoms. The highest BCUT2D eigenvalue weighted by atomic mass is 35.5. The van der Waals surface area contributed by atoms with E-state index in [-0.39, 0.29) is 16.6 Å². The topological polar surface area (TPSA) is 101 Å². The molecule has 3 rings (SSSR count). The number of benzene rings is 2. The Morgan fingerprint density at radius 3 is 2.46 bits per heavy atom. The van der Waals surface area contributed by atoms with Crippen LogP contribution in [-0.4, -0.2) is 25.5 Å². The first-order chi connectivity index (χ1) is 13.4. The molecule has 2 aromatic carbocycles. The van der Waals surface area contributed by atoms with Crippen LogP contribution in [0.1, 0.15) is 5.69 Å². The lowest BCUT2D eigenvalue weighted by Gasteiger charge is -2.12. The van der Waals surface area contributed by atoms with Crippen LogP contribution in [0, 0.1) is 12.3 Å². The van der Waals surface area contributed by atoms with Gasteiger partial charge in [-0.3, -0.25) is 0 Å². The monoisotopic (exact) mass is 416 g/mol. The maximum absolute atomic E-state index is 13.3. The number of ether oxygens (including phenoxy) is 1. The first-order valence-corrected chi connectivity index (χ1v) is 9.83. The van der Waals surface area contributed by atoms with Gasteiger partial charge in [-0.2, -0.15) is 8.42 Å². The number of hydrogen-bond acceptors (Lipinski definition) is 6. The molecule has 0 amide bonds. The zero-order valence-electron chi connectivity index (χ0n) is 14.9. The predicted octanol–water partition coefficient (Wildman–Crippen LogP) is 4.08. The van der Waals surface area contributed by atoms with Crippen LogP contribution >= 0.6 is 11.6 Å². The lowest BCUT2D eigenvalue weighted by atomic mass is 10.1. The predicted molar refractivity (Wildman–Crippen MR) is 105 cm³/mol. The molecule has 0 spiro atoms. The number of aromatic nitrogens is 2. The maximum atomic E-state index is 13.3. The molecule has 0 unspecified atom stereocenters. The summed E-state index contributed by atoms with van der Waals surface area (Å²) >= 11 is 5.92. The van der Waals surface area contributed by atoms with Crippen molar-refractivity contribution in [3.63, 3.8) is 0 Å². The van der Waals surface area contributed by atoms with Crippen LogP contribution in [0.2, 0.25) is 5.02 Å². The fourth-order valence-electron chi connectivity index (χ4n) is 2.57. The highest BCUT2D eigenvalue weighted by Gasteiger charge is 2.41. The van der Waals surface area contributed by atoms with Crippen molar-refractivity contribution in [2.24, 2.45) is 0 Å². The summed E-state index contributed by atoms with van der Waals surface area (Å²) in [5.74, 6) is -0.355. The molecule has 1 heterocycles. The molecule has 0 atom stereocenters. The molecular weight excluding hydrogens is 402 g/mol. The summed E-state index contributed by atoms with van der Waals surface area (Å²) in [5, 5.41) is 13.0. The second kappa shape index (κ2) is 7.80. The Morgan fingerprint density at radius 1 is 1.14 bits per heavy atom. The van der Waals surface area contributed by atoms with E-state index in [9.17, 15) is 13.8 Å². The van der Waals surface area contributed by atoms with Crippen molar-refractivity contribution < 1.29 is 13.2 Å². The van der Waals surface area contributed by atoms with Crippen molar-refractivity contribution in [3.8, 4) is 17.0 Å². The van der Waals surface area contributed by atoms with E-state index in [0.29, 0.717) is 26.3 Å². The Balaban J connectivity index is 2.18. The maximum Gasteiger partial charge on any atom is 0.334 e. The van der Waals surface area contributed by atoms with Gasteiger partial charge in [0.25, 0.3) is 17.1 Å². The second-order valence-electron chi connectivity index (χ2n) is 5.68. The van der Waals surface area contributed by atoms with Crippen molar-refractivity contribution in [1.29, 1.82) is 5.39 Å². The highest BCUT2D eigenvalue weighted by Crippen LogP contribution is 2.34. The number of methoxy groups -OCH3 is 1. The quantitative estimate of drug-likeness (QED) is 0.459. The molecule has 0 fully saturated rings. The minimum atomic E-state index is -4.34. The number of nitrogens with zero attached hydrogens (tertiary/aromatic N) is 5. The summed E-state index contributed by atoms with van der Waals surface area (Å²) in [5.41, 5.74) is 1.55. The van der Waals surface area contributed by atoms with E-state index in [1.165, 1.54) is 19.4 Å². The standard InChI is InChI=1S/C18H15ClN5O3S/c1-12-11-21-17(18(22-12)27-2)24(23-20)28(25,26)16-6-4-3-5-15(16)13-7-9-14(19)10-8-13/h3-11H,1-2H3/q+1. The Hall–Kier alpha value is -3.22. The van der Waals surface area contributed by atoms with Gasteiger partial charge >= 0.3 is 15.1 Å². The van der Waals surface area contributed by atoms with Crippen LogP contribution < -0.4 is 9.15 Å². The molecule has 0 saturated heterocycles. The summed E-state index contributed by atoms with van der Waals surface area (Å²) < 4.78 is 32.1. The SMILES string of the molecule is COc1nc(C)cnc1N([N+]#N)S(=O)(=O)c1ccccc1-c1ccc(Cl)cc1. The molecule has 0 saturated carbocycles. The summed E-state index contributed by atoms with van der Waals surface area (Å²) in [6, 6.07) is 13.0. The van der Waals surface area contributed by atoms with Gasteiger partial charge in [-0.15, -0.1) is 0 Å². The molecular formula is C18H15ClN5O3S+. The zero-order chi connectivity index (χ0) is 20.3. The molecule has 3 aromatic rings. The molecule has 0 aliphatic heterocycles. The van der Waals surface area contributed by atoms with Crippen molar-refractivity contribution >= 4 is 27.4 Å². The smallest absolute Gasteiger partial charge is 0.334 e. The Kier molecular flexibility index (Phi) is 5.44. The first-order valence-electron chi connectivity index (χ1n) is 8.01. The van der Waals surface area contributed by atoms with Gasteiger partial charge in [0, 0.05) is 10.6 Å². The molecule has 1 aromatic heterocycles. The van der Waals surface area contributed by atoms with E-state index >= 15 is 0 Å². The van der Waals surface area contributed by atoms with Gasteiger partial charge in [-0.1, -0.05) is 41.9 Å². The van der Waals surface area contributed by atoms with Gasteiger partial charge in [0.05, 0.1) is 19.0 Å². The van der Waals surface area contributed by atoms with Crippen LogP contribution in [0.15, 0.2) is 59.6 Å². The number of sulfonamides is 1. The summed E-state index contributed by atoms with van der Waals surface area (Å²) in [4.78, 5) is 8.01. The largest absolute Gasteiger partial charge is 0.478 e. The van der Waals surface area contributed by atoms with E-state index in [1.807, 2.05) is 0 Å². The van der Waals surface area contributed by atoms with Gasteiger partial charge in [0.15, 0.2) is 0 Å². The van der Waals surface area contributed by atoms with E-state index < -0.39 is 10.0 Å². The van der Waals surface area contributed by atoms with Crippen LogP contribution in [0.5, 0.6) is 5.88 Å². The van der Waals surface area contributed by atoms with Crippen LogP contribution in [0.3, 0.4) is 0 Å². The number of rotatable bonds is 5. The normalized spacial score (nSPS) is 10.9. The third-order valence-electron chi connectivity index (χ3n) is 3.85. The molecule has 28 heavy (non-hydrogen) atoms. The molecule has 0 radical (unpaired) electrons. The fraction of sp³-hybridized carbons (Fsp3) is 0.111. The van der Waals surface area contributed by atoms with Crippen LogP contribution in [0.4, 0.5) is 5.82 Å². The molecule has 142 valence electrons. The van der Waals surface area contributed by atoms with E-state index in [4.69, 9.17) is 16.3 Å². The highest BCUT2D eigenvalue weighted by molar-refractivity contribution is 7.93. The lowest BCUT2D eigenvalue weighted by Crippen LogP contribution is -2.26. The first kappa shape index (κ1) is 19.5. The van der Waals surface area contributed by atoms with Gasteiger partial charge in [0.2, 0.25) is 0 Å². The summed E-state index contributed by atoms with van der Waals surface area (Å²) in [6.45, 7) is 1.67. The number of hydrogen-bond donors (Lipinski definition) is 0. The number of diazo groups is 1. The lowest BCUT2D eigenvalue weighted by molar-refractivity contribution is 0.396. The Labute approximate surface area is 167 Å². The minimum absolute atomic E-state index is 0.0837. The molecule has 0 aliphatic rings. The van der Waals surface area contributed by atoms with Gasteiger partial charge in [0.1, 0.15) is 9.31 Å². The van der Waals surface area contributed by atoms with E-state index in [2.05, 4.69) is 15.1 Å². The van der Waals surface area contributed by atoms with Crippen molar-refractivity contribution in [1.82, 2.24) is 9.97 Å². The van der Waals surface area contributed by atoms with Gasteiger partial charge in [-0.05, 0) is 30.7 Å². The van der Waals surface area contributed by atoms with Gasteiger partial charge in [-0.25, -0.2) is 9.97 Å². The molecule has 10 heteroatoms.